The van der Waals surface area contributed by atoms with Crippen molar-refractivity contribution in [3.8, 4) is 0 Å². The Balaban J connectivity index is 0.00000144. The quantitative estimate of drug-likeness (QED) is 0.591. The third-order valence-corrected chi connectivity index (χ3v) is 1.99. The van der Waals surface area contributed by atoms with Gasteiger partial charge in [-0.25, -0.2) is 0 Å². The van der Waals surface area contributed by atoms with Gasteiger partial charge in [0.15, 0.2) is 0 Å². The minimum Gasteiger partial charge on any atom is -0.529 e. The maximum absolute atomic E-state index is 10.8. The summed E-state index contributed by atoms with van der Waals surface area (Å²) in [5.74, 6) is -0.327. The average molecular weight is 171 g/mol. The zero-order chi connectivity index (χ0) is 8.97. The van der Waals surface area contributed by atoms with Crippen molar-refractivity contribution in [2.24, 2.45) is 0 Å². The molecule has 0 atom stereocenters. The number of methoxy groups -OCH3 is 1. The van der Waals surface area contributed by atoms with Crippen LogP contribution in [-0.2, 0) is 4.74 Å². The first-order valence-corrected chi connectivity index (χ1v) is 4.07. The number of ether oxygens (including phenoxy) is 1. The van der Waals surface area contributed by atoms with Gasteiger partial charge in [-0.2, -0.15) is 0 Å². The number of aliphatic hydroxyl groups excluding tert-OH is 1. The average Bonchev–Trinajstić information content (AvgIpc) is 2.09. The molecular formula is C7H14BNO3. The third kappa shape index (κ3) is 2.83. The van der Waals surface area contributed by atoms with Crippen molar-refractivity contribution >= 4 is 13.3 Å². The summed E-state index contributed by atoms with van der Waals surface area (Å²) < 4.78 is 4.48. The SMILES string of the molecule is COC(=O)[B-]N1CCC(O)CC1.[H+]. The van der Waals surface area contributed by atoms with Crippen LogP contribution in [0.5, 0.6) is 0 Å². The molecule has 0 bridgehead atoms. The predicted molar refractivity (Wildman–Crippen MR) is 46.1 cm³/mol. The molecule has 4 nitrogen and oxygen atoms in total. The Morgan fingerprint density at radius 1 is 1.67 bits per heavy atom. The summed E-state index contributed by atoms with van der Waals surface area (Å²) in [6, 6.07) is 0. The lowest BCUT2D eigenvalue weighted by molar-refractivity contribution is 0.111. The number of piperidine rings is 1. The molecule has 1 aliphatic rings. The largest absolute Gasteiger partial charge is 1.00 e. The smallest absolute Gasteiger partial charge is 0.529 e. The molecule has 0 saturated carbocycles. The summed E-state index contributed by atoms with van der Waals surface area (Å²) >= 11 is 0. The highest BCUT2D eigenvalue weighted by molar-refractivity contribution is 6.69. The van der Waals surface area contributed by atoms with E-state index in [0.717, 1.165) is 25.9 Å². The Morgan fingerprint density at radius 3 is 2.75 bits per heavy atom. The van der Waals surface area contributed by atoms with E-state index in [1.54, 1.807) is 0 Å². The molecule has 1 aliphatic heterocycles. The summed E-state index contributed by atoms with van der Waals surface area (Å²) in [7, 11) is 2.81. The van der Waals surface area contributed by atoms with E-state index in [1.165, 1.54) is 14.5 Å². The van der Waals surface area contributed by atoms with Crippen molar-refractivity contribution in [2.75, 3.05) is 20.2 Å². The van der Waals surface area contributed by atoms with E-state index in [1.807, 2.05) is 4.81 Å². The monoisotopic (exact) mass is 171 g/mol. The van der Waals surface area contributed by atoms with Gasteiger partial charge in [-0.1, -0.05) is 7.41 Å². The molecule has 0 unspecified atom stereocenters. The zero-order valence-electron chi connectivity index (χ0n) is 8.19. The second-order valence-electron chi connectivity index (χ2n) is 2.92. The molecule has 0 aromatic carbocycles. The van der Waals surface area contributed by atoms with Gasteiger partial charge in [-0.3, -0.25) is 0 Å². The van der Waals surface area contributed by atoms with Gasteiger partial charge in [0.1, 0.15) is 0 Å². The summed E-state index contributed by atoms with van der Waals surface area (Å²) in [5, 5.41) is 9.16. The van der Waals surface area contributed by atoms with Crippen molar-refractivity contribution in [1.82, 2.24) is 4.81 Å². The van der Waals surface area contributed by atoms with Gasteiger partial charge < -0.3 is 19.4 Å². The lowest BCUT2D eigenvalue weighted by Crippen LogP contribution is -2.41. The van der Waals surface area contributed by atoms with Crippen LogP contribution in [0, 0.1) is 0 Å². The lowest BCUT2D eigenvalue weighted by Gasteiger charge is -2.39. The van der Waals surface area contributed by atoms with Crippen LogP contribution < -0.4 is 0 Å². The molecule has 0 amide bonds. The lowest BCUT2D eigenvalue weighted by atomic mass is 9.88. The van der Waals surface area contributed by atoms with Gasteiger partial charge in [0.2, 0.25) is 0 Å². The van der Waals surface area contributed by atoms with Gasteiger partial charge in [0.25, 0.3) is 0 Å². The van der Waals surface area contributed by atoms with Crippen molar-refractivity contribution < 1.29 is 16.1 Å². The first-order valence-electron chi connectivity index (χ1n) is 4.07. The number of carbonyl (C=O) groups is 1. The normalized spacial score (nSPS) is 20.8. The highest BCUT2D eigenvalue weighted by Gasteiger charge is 2.11. The highest BCUT2D eigenvalue weighted by atomic mass is 16.5. The molecule has 1 fully saturated rings. The zero-order valence-corrected chi connectivity index (χ0v) is 7.19. The van der Waals surface area contributed by atoms with E-state index in [2.05, 4.69) is 4.74 Å². The topological polar surface area (TPSA) is 49.8 Å². The second-order valence-corrected chi connectivity index (χ2v) is 2.92. The van der Waals surface area contributed by atoms with E-state index in [-0.39, 0.29) is 13.4 Å². The Hall–Kier alpha value is -0.545. The fourth-order valence-corrected chi connectivity index (χ4v) is 1.22. The van der Waals surface area contributed by atoms with Crippen LogP contribution in [0.1, 0.15) is 14.3 Å². The first kappa shape index (κ1) is 9.54. The van der Waals surface area contributed by atoms with E-state index in [9.17, 15) is 4.79 Å². The predicted octanol–water partition coefficient (Wildman–Crippen LogP) is -0.0588. The van der Waals surface area contributed by atoms with Crippen LogP contribution in [0.25, 0.3) is 0 Å². The number of carbonyl (C=O) groups excluding carboxylic acids is 1. The minimum atomic E-state index is -0.327. The van der Waals surface area contributed by atoms with Crippen molar-refractivity contribution in [3.05, 3.63) is 0 Å². The summed E-state index contributed by atoms with van der Waals surface area (Å²) in [6.45, 7) is 1.46. The number of aliphatic hydroxyl groups is 1. The van der Waals surface area contributed by atoms with Crippen molar-refractivity contribution in [2.45, 2.75) is 18.9 Å². The summed E-state index contributed by atoms with van der Waals surface area (Å²) in [4.78, 5) is 12.7. The molecule has 0 aliphatic carbocycles. The van der Waals surface area contributed by atoms with Gasteiger partial charge in [-0.05, 0) is 25.9 Å². The van der Waals surface area contributed by atoms with E-state index < -0.39 is 0 Å². The van der Waals surface area contributed by atoms with Crippen LogP contribution in [0.3, 0.4) is 0 Å². The molecule has 0 aromatic heterocycles. The number of hydrogen-bond acceptors (Lipinski definition) is 4. The molecule has 68 valence electrons. The first-order chi connectivity index (χ1) is 5.72. The molecule has 0 spiro atoms. The maximum Gasteiger partial charge on any atom is 1.00 e. The van der Waals surface area contributed by atoms with Gasteiger partial charge in [0, 0.05) is 0 Å². The Bertz CT molecular complexity index is 162. The van der Waals surface area contributed by atoms with Gasteiger partial charge in [0.05, 0.1) is 19.1 Å². The molecule has 5 heteroatoms. The van der Waals surface area contributed by atoms with Crippen LogP contribution in [0.15, 0.2) is 0 Å². The van der Waals surface area contributed by atoms with Crippen LogP contribution >= 0.6 is 0 Å². The van der Waals surface area contributed by atoms with Crippen LogP contribution in [-0.4, -0.2) is 49.5 Å². The third-order valence-electron chi connectivity index (χ3n) is 1.99. The second kappa shape index (κ2) is 4.47. The molecule has 1 saturated heterocycles. The summed E-state index contributed by atoms with van der Waals surface area (Å²) in [6.07, 6.45) is 1.26. The molecule has 1 heterocycles. The number of hydrogen-bond donors (Lipinski definition) is 1. The van der Waals surface area contributed by atoms with Gasteiger partial charge >= 0.3 is 1.43 Å². The summed E-state index contributed by atoms with van der Waals surface area (Å²) in [5.41, 5.74) is 0. The number of nitrogens with zero attached hydrogens (tertiary/aromatic N) is 1. The van der Waals surface area contributed by atoms with E-state index in [4.69, 9.17) is 5.11 Å². The molecule has 2 radical (unpaired) electrons. The Labute approximate surface area is 74.2 Å². The minimum absolute atomic E-state index is 0. The van der Waals surface area contributed by atoms with Crippen molar-refractivity contribution in [1.29, 1.82) is 0 Å². The van der Waals surface area contributed by atoms with E-state index >= 15 is 0 Å². The van der Waals surface area contributed by atoms with Gasteiger partial charge in [-0.15, -0.1) is 0 Å². The molecular weight excluding hydrogens is 157 g/mol. The number of rotatable bonds is 2. The van der Waals surface area contributed by atoms with Crippen molar-refractivity contribution in [3.63, 3.8) is 0 Å². The molecule has 1 N–H and O–H groups in total. The molecule has 1 rings (SSSR count). The molecule has 12 heavy (non-hydrogen) atoms. The Kier molecular flexibility index (Phi) is 3.56. The maximum atomic E-state index is 10.8. The highest BCUT2D eigenvalue weighted by Crippen LogP contribution is 2.08. The molecule has 0 aromatic rings. The van der Waals surface area contributed by atoms with E-state index in [0.29, 0.717) is 0 Å². The van der Waals surface area contributed by atoms with Crippen LogP contribution in [0.2, 0.25) is 0 Å². The Morgan fingerprint density at radius 2 is 2.25 bits per heavy atom. The standard InChI is InChI=1S/C7H13BNO3/c1-12-7(11)8-9-4-2-6(10)3-5-9/h6,10H,2-5H2,1H3/q-1/p+1. The fraction of sp³-hybridized carbons (Fsp3) is 0.857. The van der Waals surface area contributed by atoms with Crippen LogP contribution in [0.4, 0.5) is 4.79 Å². The fourth-order valence-electron chi connectivity index (χ4n) is 1.22.